The lowest BCUT2D eigenvalue weighted by atomic mass is 9.93. The minimum atomic E-state index is -0.673. The van der Waals surface area contributed by atoms with Gasteiger partial charge in [0.15, 0.2) is 0 Å². The molecule has 14 heavy (non-hydrogen) atoms. The third-order valence-electron chi connectivity index (χ3n) is 2.87. The monoisotopic (exact) mass is 196 g/mol. The normalized spacial score (nSPS) is 20.5. The largest absolute Gasteiger partial charge is 0.481 e. The van der Waals surface area contributed by atoms with Crippen LogP contribution in [0.25, 0.3) is 0 Å². The van der Waals surface area contributed by atoms with Crippen LogP contribution in [0.2, 0.25) is 0 Å². The fourth-order valence-corrected chi connectivity index (χ4v) is 1.92. The smallest absolute Gasteiger partial charge is 0.306 e. The summed E-state index contributed by atoms with van der Waals surface area (Å²) in [5.74, 6) is -0.895. The van der Waals surface area contributed by atoms with Crippen LogP contribution in [-0.4, -0.2) is 11.1 Å². The molecule has 1 atom stereocenters. The van der Waals surface area contributed by atoms with E-state index < -0.39 is 5.97 Å². The van der Waals surface area contributed by atoms with E-state index >= 15 is 0 Å². The van der Waals surface area contributed by atoms with Crippen LogP contribution in [0.3, 0.4) is 0 Å². The molecule has 1 aliphatic carbocycles. The Morgan fingerprint density at radius 1 is 1.43 bits per heavy atom. The Hall–Kier alpha value is -0.790. The summed E-state index contributed by atoms with van der Waals surface area (Å²) in [4.78, 5) is 10.7. The second-order valence-electron chi connectivity index (χ2n) is 4.26. The first-order valence-electron chi connectivity index (χ1n) is 5.61. The van der Waals surface area contributed by atoms with Gasteiger partial charge in [-0.3, -0.25) is 4.79 Å². The first-order chi connectivity index (χ1) is 6.70. The topological polar surface area (TPSA) is 37.3 Å². The third-order valence-corrected chi connectivity index (χ3v) is 2.87. The van der Waals surface area contributed by atoms with Gasteiger partial charge in [-0.25, -0.2) is 0 Å². The molecule has 0 aromatic rings. The maximum absolute atomic E-state index is 10.7. The van der Waals surface area contributed by atoms with Gasteiger partial charge in [-0.15, -0.1) is 0 Å². The lowest BCUT2D eigenvalue weighted by molar-refractivity contribution is -0.141. The molecule has 0 bridgehead atoms. The standard InChI is InChI=1S/C12H20O2/c1-10(12(13)14)9-11-7-5-3-2-4-6-8-11/h7,10H,2-6,8-9H2,1H3,(H,13,14). The van der Waals surface area contributed by atoms with Crippen LogP contribution in [0.5, 0.6) is 0 Å². The molecule has 0 heterocycles. The van der Waals surface area contributed by atoms with Gasteiger partial charge in [-0.1, -0.05) is 31.4 Å². The molecule has 1 aliphatic rings. The van der Waals surface area contributed by atoms with E-state index in [0.717, 1.165) is 19.3 Å². The van der Waals surface area contributed by atoms with Crippen molar-refractivity contribution in [2.75, 3.05) is 0 Å². The van der Waals surface area contributed by atoms with Crippen LogP contribution < -0.4 is 0 Å². The lowest BCUT2D eigenvalue weighted by Crippen LogP contribution is -2.10. The molecule has 0 aromatic heterocycles. The lowest BCUT2D eigenvalue weighted by Gasteiger charge is -2.13. The van der Waals surface area contributed by atoms with E-state index in [9.17, 15) is 4.79 Å². The van der Waals surface area contributed by atoms with E-state index in [0.29, 0.717) is 0 Å². The summed E-state index contributed by atoms with van der Waals surface area (Å²) in [5, 5.41) is 8.81. The van der Waals surface area contributed by atoms with E-state index in [1.807, 2.05) is 0 Å². The van der Waals surface area contributed by atoms with Crippen LogP contribution >= 0.6 is 0 Å². The van der Waals surface area contributed by atoms with Crippen molar-refractivity contribution >= 4 is 5.97 Å². The van der Waals surface area contributed by atoms with Crippen molar-refractivity contribution in [2.24, 2.45) is 5.92 Å². The SMILES string of the molecule is CC(CC1=CCCCCCC1)C(=O)O. The molecular weight excluding hydrogens is 176 g/mol. The van der Waals surface area contributed by atoms with Gasteiger partial charge in [0.2, 0.25) is 0 Å². The van der Waals surface area contributed by atoms with E-state index in [-0.39, 0.29) is 5.92 Å². The van der Waals surface area contributed by atoms with Gasteiger partial charge in [0.05, 0.1) is 5.92 Å². The molecule has 0 saturated carbocycles. The molecule has 1 unspecified atom stereocenters. The maximum atomic E-state index is 10.7. The summed E-state index contributed by atoms with van der Waals surface area (Å²) in [6, 6.07) is 0. The zero-order chi connectivity index (χ0) is 10.4. The number of carboxylic acid groups (broad SMARTS) is 1. The summed E-state index contributed by atoms with van der Waals surface area (Å²) in [7, 11) is 0. The Bertz CT molecular complexity index is 218. The van der Waals surface area contributed by atoms with Crippen molar-refractivity contribution in [2.45, 2.75) is 51.9 Å². The van der Waals surface area contributed by atoms with E-state index in [1.165, 1.54) is 31.3 Å². The van der Waals surface area contributed by atoms with E-state index in [4.69, 9.17) is 5.11 Å². The molecule has 0 amide bonds. The van der Waals surface area contributed by atoms with Crippen molar-refractivity contribution in [3.05, 3.63) is 11.6 Å². The number of aliphatic carboxylic acids is 1. The minimum absolute atomic E-state index is 0.222. The maximum Gasteiger partial charge on any atom is 0.306 e. The first kappa shape index (κ1) is 11.3. The molecule has 0 radical (unpaired) electrons. The average molecular weight is 196 g/mol. The highest BCUT2D eigenvalue weighted by molar-refractivity contribution is 5.69. The summed E-state index contributed by atoms with van der Waals surface area (Å²) in [5.41, 5.74) is 1.36. The van der Waals surface area contributed by atoms with Crippen LogP contribution in [-0.2, 0) is 4.79 Å². The summed E-state index contributed by atoms with van der Waals surface area (Å²) >= 11 is 0. The molecule has 0 aliphatic heterocycles. The Labute approximate surface area is 86.0 Å². The Kier molecular flexibility index (Phi) is 4.71. The molecule has 2 heteroatoms. The number of hydrogen-bond acceptors (Lipinski definition) is 1. The number of carboxylic acids is 1. The fourth-order valence-electron chi connectivity index (χ4n) is 1.92. The molecular formula is C12H20O2. The molecule has 0 fully saturated rings. The second-order valence-corrected chi connectivity index (χ2v) is 4.26. The van der Waals surface area contributed by atoms with Gasteiger partial charge in [-0.2, -0.15) is 0 Å². The van der Waals surface area contributed by atoms with Gasteiger partial charge in [0.1, 0.15) is 0 Å². The van der Waals surface area contributed by atoms with Gasteiger partial charge in [0.25, 0.3) is 0 Å². The zero-order valence-electron chi connectivity index (χ0n) is 8.96. The molecule has 1 rings (SSSR count). The molecule has 0 aromatic carbocycles. The van der Waals surface area contributed by atoms with Crippen LogP contribution in [0.15, 0.2) is 11.6 Å². The van der Waals surface area contributed by atoms with Crippen LogP contribution in [0.4, 0.5) is 0 Å². The Morgan fingerprint density at radius 2 is 2.14 bits per heavy atom. The number of allylic oxidation sites excluding steroid dienone is 2. The molecule has 2 nitrogen and oxygen atoms in total. The number of rotatable bonds is 3. The highest BCUT2D eigenvalue weighted by Crippen LogP contribution is 2.22. The van der Waals surface area contributed by atoms with Crippen molar-refractivity contribution in [3.8, 4) is 0 Å². The molecule has 0 spiro atoms. The molecule has 0 saturated heterocycles. The van der Waals surface area contributed by atoms with Gasteiger partial charge < -0.3 is 5.11 Å². The second kappa shape index (κ2) is 5.84. The Balaban J connectivity index is 2.44. The van der Waals surface area contributed by atoms with Gasteiger partial charge >= 0.3 is 5.97 Å². The van der Waals surface area contributed by atoms with Crippen molar-refractivity contribution in [1.29, 1.82) is 0 Å². The fraction of sp³-hybridized carbons (Fsp3) is 0.750. The van der Waals surface area contributed by atoms with E-state index in [2.05, 4.69) is 6.08 Å². The minimum Gasteiger partial charge on any atom is -0.481 e. The highest BCUT2D eigenvalue weighted by atomic mass is 16.4. The van der Waals surface area contributed by atoms with Crippen LogP contribution in [0.1, 0.15) is 51.9 Å². The van der Waals surface area contributed by atoms with Crippen molar-refractivity contribution in [3.63, 3.8) is 0 Å². The Morgan fingerprint density at radius 3 is 2.86 bits per heavy atom. The first-order valence-corrected chi connectivity index (χ1v) is 5.61. The molecule has 80 valence electrons. The number of carbonyl (C=O) groups is 1. The van der Waals surface area contributed by atoms with E-state index in [1.54, 1.807) is 6.92 Å². The van der Waals surface area contributed by atoms with Gasteiger partial charge in [0, 0.05) is 0 Å². The quantitative estimate of drug-likeness (QED) is 0.702. The number of hydrogen-bond donors (Lipinski definition) is 1. The average Bonchev–Trinajstić information content (AvgIpc) is 2.08. The molecule has 1 N–H and O–H groups in total. The zero-order valence-corrected chi connectivity index (χ0v) is 8.96. The summed E-state index contributed by atoms with van der Waals surface area (Å²) in [6.45, 7) is 1.79. The summed E-state index contributed by atoms with van der Waals surface area (Å²) in [6.07, 6.45) is 10.4. The van der Waals surface area contributed by atoms with Crippen molar-refractivity contribution in [1.82, 2.24) is 0 Å². The van der Waals surface area contributed by atoms with Gasteiger partial charge in [-0.05, 0) is 32.1 Å². The predicted octanol–water partition coefficient (Wildman–Crippen LogP) is 3.38. The predicted molar refractivity (Wildman–Crippen MR) is 57.2 cm³/mol. The summed E-state index contributed by atoms with van der Waals surface area (Å²) < 4.78 is 0. The highest BCUT2D eigenvalue weighted by Gasteiger charge is 2.13. The van der Waals surface area contributed by atoms with Crippen LogP contribution in [0, 0.1) is 5.92 Å². The van der Waals surface area contributed by atoms with Crippen molar-refractivity contribution < 1.29 is 9.90 Å². The third kappa shape index (κ3) is 3.95.